The van der Waals surface area contributed by atoms with Gasteiger partial charge in [0.25, 0.3) is 0 Å². The molecule has 20 heavy (non-hydrogen) atoms. The SMILES string of the molecule is CCNC(C)(CCN(CC(C)C)C(CC)CC)C(N)=O. The van der Waals surface area contributed by atoms with Gasteiger partial charge in [-0.15, -0.1) is 0 Å². The normalized spacial score (nSPS) is 15.1. The number of likely N-dealkylation sites (N-methyl/N-ethyl adjacent to an activating group) is 1. The minimum Gasteiger partial charge on any atom is -0.368 e. The molecule has 0 heterocycles. The van der Waals surface area contributed by atoms with Gasteiger partial charge in [-0.05, 0) is 38.6 Å². The van der Waals surface area contributed by atoms with E-state index in [4.69, 9.17) is 5.73 Å². The molecule has 0 aromatic rings. The van der Waals surface area contributed by atoms with Gasteiger partial charge in [-0.1, -0.05) is 34.6 Å². The standard InChI is InChI=1S/C16H35N3O/c1-7-14(8-2)19(12-13(4)5)11-10-16(6,15(17)20)18-9-3/h13-14,18H,7-12H2,1-6H3,(H2,17,20). The molecule has 0 aliphatic rings. The summed E-state index contributed by atoms with van der Waals surface area (Å²) in [5.74, 6) is 0.378. The lowest BCUT2D eigenvalue weighted by Gasteiger charge is -2.35. The summed E-state index contributed by atoms with van der Waals surface area (Å²) in [6.07, 6.45) is 3.06. The zero-order valence-corrected chi connectivity index (χ0v) is 14.3. The van der Waals surface area contributed by atoms with Gasteiger partial charge in [0.05, 0.1) is 5.54 Å². The molecule has 120 valence electrons. The van der Waals surface area contributed by atoms with Gasteiger partial charge in [-0.2, -0.15) is 0 Å². The summed E-state index contributed by atoms with van der Waals surface area (Å²) >= 11 is 0. The van der Waals surface area contributed by atoms with Gasteiger partial charge in [0.2, 0.25) is 5.91 Å². The Kier molecular flexibility index (Phi) is 9.06. The molecule has 0 rings (SSSR count). The van der Waals surface area contributed by atoms with Crippen LogP contribution in [0.25, 0.3) is 0 Å². The third-order valence-corrected chi connectivity index (χ3v) is 4.07. The predicted octanol–water partition coefficient (Wildman–Crippen LogP) is 2.38. The van der Waals surface area contributed by atoms with Crippen molar-refractivity contribution in [3.63, 3.8) is 0 Å². The van der Waals surface area contributed by atoms with E-state index < -0.39 is 5.54 Å². The third-order valence-electron chi connectivity index (χ3n) is 4.07. The van der Waals surface area contributed by atoms with Crippen LogP contribution in [0.3, 0.4) is 0 Å². The van der Waals surface area contributed by atoms with Gasteiger partial charge in [-0.25, -0.2) is 0 Å². The molecule has 0 bridgehead atoms. The maximum atomic E-state index is 11.7. The molecular formula is C16H35N3O. The van der Waals surface area contributed by atoms with Crippen LogP contribution in [0.1, 0.15) is 60.8 Å². The second-order valence-corrected chi connectivity index (χ2v) is 6.34. The van der Waals surface area contributed by atoms with Gasteiger partial charge in [0, 0.05) is 19.1 Å². The first kappa shape index (κ1) is 19.4. The summed E-state index contributed by atoms with van der Waals surface area (Å²) in [5.41, 5.74) is 4.96. The molecule has 4 nitrogen and oxygen atoms in total. The number of hydrogen-bond acceptors (Lipinski definition) is 3. The van der Waals surface area contributed by atoms with Crippen LogP contribution in [-0.4, -0.2) is 42.0 Å². The van der Waals surface area contributed by atoms with Crippen molar-refractivity contribution in [2.45, 2.75) is 72.4 Å². The van der Waals surface area contributed by atoms with Crippen molar-refractivity contribution >= 4 is 5.91 Å². The van der Waals surface area contributed by atoms with Crippen molar-refractivity contribution in [1.82, 2.24) is 10.2 Å². The first-order valence-electron chi connectivity index (χ1n) is 8.09. The molecule has 1 unspecified atom stereocenters. The number of amides is 1. The molecule has 0 aliphatic carbocycles. The molecule has 1 atom stereocenters. The molecule has 0 saturated heterocycles. The quantitative estimate of drug-likeness (QED) is 0.613. The van der Waals surface area contributed by atoms with Crippen LogP contribution in [0.5, 0.6) is 0 Å². The molecule has 3 N–H and O–H groups in total. The molecule has 4 heteroatoms. The fourth-order valence-corrected chi connectivity index (χ4v) is 2.75. The molecule has 1 amide bonds. The number of carbonyl (C=O) groups excluding carboxylic acids is 1. The maximum absolute atomic E-state index is 11.7. The van der Waals surface area contributed by atoms with Gasteiger partial charge < -0.3 is 16.0 Å². The van der Waals surface area contributed by atoms with Crippen molar-refractivity contribution in [2.75, 3.05) is 19.6 Å². The summed E-state index contributed by atoms with van der Waals surface area (Å²) < 4.78 is 0. The van der Waals surface area contributed by atoms with Crippen LogP contribution in [0, 0.1) is 5.92 Å². The first-order valence-corrected chi connectivity index (χ1v) is 8.09. The van der Waals surface area contributed by atoms with Gasteiger partial charge in [0.15, 0.2) is 0 Å². The van der Waals surface area contributed by atoms with E-state index in [0.717, 1.165) is 38.9 Å². The van der Waals surface area contributed by atoms with E-state index in [2.05, 4.69) is 37.9 Å². The van der Waals surface area contributed by atoms with Crippen molar-refractivity contribution in [2.24, 2.45) is 11.7 Å². The average molecular weight is 285 g/mol. The van der Waals surface area contributed by atoms with E-state index >= 15 is 0 Å². The molecule has 0 aliphatic heterocycles. The molecule has 0 aromatic heterocycles. The molecule has 0 fully saturated rings. The Balaban J connectivity index is 4.75. The first-order chi connectivity index (χ1) is 9.30. The lowest BCUT2D eigenvalue weighted by atomic mass is 9.95. The molecule has 0 radical (unpaired) electrons. The van der Waals surface area contributed by atoms with Crippen LogP contribution >= 0.6 is 0 Å². The molecule has 0 aromatic carbocycles. The lowest BCUT2D eigenvalue weighted by molar-refractivity contribution is -0.124. The summed E-state index contributed by atoms with van der Waals surface area (Å²) in [4.78, 5) is 14.2. The van der Waals surface area contributed by atoms with E-state index in [1.54, 1.807) is 0 Å². The van der Waals surface area contributed by atoms with Crippen LogP contribution in [0.4, 0.5) is 0 Å². The average Bonchev–Trinajstić information content (AvgIpc) is 2.36. The Morgan fingerprint density at radius 1 is 1.25 bits per heavy atom. The van der Waals surface area contributed by atoms with Crippen LogP contribution in [0.15, 0.2) is 0 Å². The minimum absolute atomic E-state index is 0.256. The van der Waals surface area contributed by atoms with Crippen LogP contribution in [-0.2, 0) is 4.79 Å². The molecule has 0 spiro atoms. The highest BCUT2D eigenvalue weighted by Crippen LogP contribution is 2.16. The number of primary amides is 1. The van der Waals surface area contributed by atoms with Crippen LogP contribution < -0.4 is 11.1 Å². The Morgan fingerprint density at radius 2 is 1.80 bits per heavy atom. The van der Waals surface area contributed by atoms with Gasteiger partial charge in [-0.3, -0.25) is 4.79 Å². The number of nitrogens with zero attached hydrogens (tertiary/aromatic N) is 1. The summed E-state index contributed by atoms with van der Waals surface area (Å²) in [5, 5.41) is 3.24. The lowest BCUT2D eigenvalue weighted by Crippen LogP contribution is -2.55. The highest BCUT2D eigenvalue weighted by atomic mass is 16.1. The Labute approximate surface area is 125 Å². The fraction of sp³-hybridized carbons (Fsp3) is 0.938. The van der Waals surface area contributed by atoms with Gasteiger partial charge in [0.1, 0.15) is 0 Å². The van der Waals surface area contributed by atoms with Gasteiger partial charge >= 0.3 is 0 Å². The molecular weight excluding hydrogens is 250 g/mol. The predicted molar refractivity (Wildman–Crippen MR) is 86.7 cm³/mol. The van der Waals surface area contributed by atoms with E-state index in [9.17, 15) is 4.79 Å². The zero-order valence-electron chi connectivity index (χ0n) is 14.3. The highest BCUT2D eigenvalue weighted by molar-refractivity contribution is 5.84. The minimum atomic E-state index is -0.601. The second-order valence-electron chi connectivity index (χ2n) is 6.34. The summed E-state index contributed by atoms with van der Waals surface area (Å²) in [6.45, 7) is 15.6. The van der Waals surface area contributed by atoms with Crippen molar-refractivity contribution in [1.29, 1.82) is 0 Å². The number of rotatable bonds is 11. The van der Waals surface area contributed by atoms with Crippen molar-refractivity contribution in [3.8, 4) is 0 Å². The number of nitrogens with two attached hydrogens (primary N) is 1. The third kappa shape index (κ3) is 6.23. The zero-order chi connectivity index (χ0) is 15.8. The maximum Gasteiger partial charge on any atom is 0.237 e. The second kappa shape index (κ2) is 9.35. The van der Waals surface area contributed by atoms with E-state index in [-0.39, 0.29) is 5.91 Å². The largest absolute Gasteiger partial charge is 0.368 e. The number of carbonyl (C=O) groups is 1. The van der Waals surface area contributed by atoms with Crippen molar-refractivity contribution < 1.29 is 4.79 Å². The Hall–Kier alpha value is -0.610. The highest BCUT2D eigenvalue weighted by Gasteiger charge is 2.31. The fourth-order valence-electron chi connectivity index (χ4n) is 2.75. The van der Waals surface area contributed by atoms with E-state index in [1.807, 2.05) is 13.8 Å². The molecule has 0 saturated carbocycles. The Morgan fingerprint density at radius 3 is 2.15 bits per heavy atom. The number of hydrogen-bond donors (Lipinski definition) is 2. The summed E-state index contributed by atoms with van der Waals surface area (Å²) in [6, 6.07) is 0.594. The van der Waals surface area contributed by atoms with E-state index in [1.165, 1.54) is 0 Å². The van der Waals surface area contributed by atoms with Crippen molar-refractivity contribution in [3.05, 3.63) is 0 Å². The Bertz CT molecular complexity index is 277. The van der Waals surface area contributed by atoms with E-state index in [0.29, 0.717) is 12.0 Å². The number of nitrogens with one attached hydrogen (secondary N) is 1. The van der Waals surface area contributed by atoms with Crippen LogP contribution in [0.2, 0.25) is 0 Å². The monoisotopic (exact) mass is 285 g/mol. The smallest absolute Gasteiger partial charge is 0.237 e. The summed E-state index contributed by atoms with van der Waals surface area (Å²) in [7, 11) is 0. The topological polar surface area (TPSA) is 58.4 Å².